The first-order chi connectivity index (χ1) is 40.0. The predicted molar refractivity (Wildman–Crippen MR) is 320 cm³/mol. The van der Waals surface area contributed by atoms with Gasteiger partial charge in [0.25, 0.3) is 17.7 Å². The maximum atomic E-state index is 12.6. The van der Waals surface area contributed by atoms with Crippen LogP contribution in [0.5, 0.6) is 0 Å². The molecule has 458 valence electrons. The summed E-state index contributed by atoms with van der Waals surface area (Å²) < 4.78 is 54.9. The molecule has 5 aromatic carbocycles. The molecule has 0 aromatic heterocycles. The van der Waals surface area contributed by atoms with Crippen LogP contribution < -0.4 is 52.9 Å². The van der Waals surface area contributed by atoms with Gasteiger partial charge in [0.2, 0.25) is 37.8 Å². The Morgan fingerprint density at radius 2 is 0.906 bits per heavy atom. The van der Waals surface area contributed by atoms with E-state index in [0.29, 0.717) is 70.6 Å². The van der Waals surface area contributed by atoms with E-state index in [1.165, 1.54) is 55.5 Å². The largest absolute Gasteiger partial charge is 0.395 e. The number of benzene rings is 5. The number of primary amides is 2. The first kappa shape index (κ1) is 70.5. The zero-order valence-corrected chi connectivity index (χ0v) is 48.0. The first-order valence-electron chi connectivity index (χ1n) is 26.3. The number of carbonyl (C=O) groups excluding carboxylic acids is 8. The minimum absolute atomic E-state index is 0. The number of hydrogen-bond donors (Lipinski definition) is 13. The molecule has 85 heavy (non-hydrogen) atoms. The molecule has 1 aliphatic rings. The Morgan fingerprint density at radius 1 is 0.494 bits per heavy atom. The van der Waals surface area contributed by atoms with Gasteiger partial charge in [0, 0.05) is 95.9 Å². The molecular formula is C57H73N11O15S2. The summed E-state index contributed by atoms with van der Waals surface area (Å²) in [4.78, 5) is 93.9. The van der Waals surface area contributed by atoms with Crippen LogP contribution in [-0.4, -0.2) is 138 Å². The second-order valence-electron chi connectivity index (χ2n) is 18.3. The lowest BCUT2D eigenvalue weighted by Crippen LogP contribution is -2.30. The van der Waals surface area contributed by atoms with Gasteiger partial charge in [-0.3, -0.25) is 33.6 Å². The molecule has 5 aromatic rings. The van der Waals surface area contributed by atoms with Crippen LogP contribution in [0.15, 0.2) is 118 Å². The number of aliphatic hydroxyl groups is 3. The van der Waals surface area contributed by atoms with Crippen molar-refractivity contribution < 1.29 is 70.5 Å². The normalized spacial score (nSPS) is 11.6. The molecule has 0 unspecified atom stereocenters. The van der Waals surface area contributed by atoms with Crippen molar-refractivity contribution in [3.8, 4) is 11.1 Å². The number of aliphatic hydroxyl groups excluding tert-OH is 3. The van der Waals surface area contributed by atoms with E-state index in [4.69, 9.17) is 26.8 Å². The van der Waals surface area contributed by atoms with Crippen LogP contribution in [0.25, 0.3) is 11.1 Å². The number of hydrazone groups is 1. The number of sulfonamides is 2. The summed E-state index contributed by atoms with van der Waals surface area (Å²) in [6, 6.07) is 25.1. The third-order valence-electron chi connectivity index (χ3n) is 11.7. The molecule has 0 atom stereocenters. The third kappa shape index (κ3) is 22.1. The number of carbonyl (C=O) groups is 8. The molecule has 26 nitrogen and oxygen atoms in total. The van der Waals surface area contributed by atoms with Crippen LogP contribution in [0.2, 0.25) is 0 Å². The highest BCUT2D eigenvalue weighted by atomic mass is 32.2. The number of urea groups is 1. The molecule has 0 radical (unpaired) electrons. The number of nitrogens with zero attached hydrogens (tertiary/aromatic N) is 1. The summed E-state index contributed by atoms with van der Waals surface area (Å²) in [5.74, 6) is -2.37. The summed E-state index contributed by atoms with van der Waals surface area (Å²) in [5.41, 5.74) is 17.0. The SMILES string of the molecule is C.CC(=O)c1cccc(NC(=O)CCCCC(=O)Nc2cccc(C(N)=O)c2)c1.CCCNC(=O)c1cc(C(=O)NCCO)cc(C(=O)NCCO)c1.CCCNS(=O)(=O)c1ccc2c(c1)/C(=N/NC(N)=O)c1cc(S(=O)(=O)NCCO)ccc1-2. The fourth-order valence-corrected chi connectivity index (χ4v) is 9.90. The van der Waals surface area contributed by atoms with E-state index in [1.807, 2.05) is 13.8 Å². The molecule has 0 saturated carbocycles. The predicted octanol–water partition coefficient (Wildman–Crippen LogP) is 3.08. The Morgan fingerprint density at radius 3 is 1.31 bits per heavy atom. The fourth-order valence-electron chi connectivity index (χ4n) is 7.69. The van der Waals surface area contributed by atoms with Crippen molar-refractivity contribution >= 4 is 84.4 Å². The molecule has 0 fully saturated rings. The number of Topliss-reactive ketones (excluding diaryl/α,β-unsaturated/α-hetero) is 1. The molecule has 0 bridgehead atoms. The van der Waals surface area contributed by atoms with Gasteiger partial charge >= 0.3 is 6.03 Å². The van der Waals surface area contributed by atoms with E-state index in [1.54, 1.807) is 54.6 Å². The van der Waals surface area contributed by atoms with E-state index < -0.39 is 43.8 Å². The van der Waals surface area contributed by atoms with Crippen molar-refractivity contribution in [1.82, 2.24) is 30.8 Å². The van der Waals surface area contributed by atoms with Gasteiger partial charge in [-0.2, -0.15) is 5.10 Å². The van der Waals surface area contributed by atoms with Gasteiger partial charge < -0.3 is 53.4 Å². The monoisotopic (exact) mass is 1220 g/mol. The van der Waals surface area contributed by atoms with Crippen molar-refractivity contribution in [2.24, 2.45) is 16.6 Å². The van der Waals surface area contributed by atoms with Crippen LogP contribution in [-0.2, 0) is 29.6 Å². The van der Waals surface area contributed by atoms with Crippen molar-refractivity contribution in [1.29, 1.82) is 0 Å². The van der Waals surface area contributed by atoms with Gasteiger partial charge in [-0.25, -0.2) is 36.5 Å². The van der Waals surface area contributed by atoms with Crippen molar-refractivity contribution in [3.05, 3.63) is 142 Å². The molecule has 28 heteroatoms. The Balaban J connectivity index is 0.000000336. The number of nitrogens with one attached hydrogen (secondary N) is 8. The molecule has 6 rings (SSSR count). The highest BCUT2D eigenvalue weighted by molar-refractivity contribution is 7.89. The number of rotatable bonds is 27. The summed E-state index contributed by atoms with van der Waals surface area (Å²) in [5, 5.41) is 43.5. The standard InChI is InChI=1S/C21H23N3O4.C19H23N5O6S2.C16H23N3O5.CH4/c1-14(25)15-6-4-8-17(12-15)23-19(26)10-2-3-11-20(27)24-18-9-5-7-16(13-18)21(22)28;1-2-7-21-31(27,28)12-3-5-14-15-6-4-13(32(29,30)22-8-9-25)11-17(15)18(16(14)10-12)23-24-19(20)26;1-2-3-17-14(22)11-8-12(15(23)18-4-6-20)10-13(9-11)16(24)19-5-7-21;/h4-9,12-13H,2-3,10-11H2,1H3,(H2,22,28)(H,23,26)(H,24,27);3-6,10-11,21-22,25H,2,7-9H2,1H3,(H3,20,24,26);8-10,20-21H,2-7H2,1H3,(H,17,22)(H,18,23)(H,19,24);1H4/b;23-18-;;. The quantitative estimate of drug-likeness (QED) is 0.0200. The minimum atomic E-state index is -3.91. The maximum absolute atomic E-state index is 12.6. The van der Waals surface area contributed by atoms with E-state index in [0.717, 1.165) is 6.42 Å². The summed E-state index contributed by atoms with van der Waals surface area (Å²) >= 11 is 0. The van der Waals surface area contributed by atoms with Crippen molar-refractivity contribution in [2.75, 3.05) is 63.2 Å². The van der Waals surface area contributed by atoms with E-state index in [9.17, 15) is 55.2 Å². The molecule has 1 aliphatic carbocycles. The second-order valence-corrected chi connectivity index (χ2v) is 21.8. The molecule has 0 saturated heterocycles. The van der Waals surface area contributed by atoms with E-state index >= 15 is 0 Å². The van der Waals surface area contributed by atoms with Crippen LogP contribution >= 0.6 is 0 Å². The molecule has 0 spiro atoms. The Bertz CT molecular complexity index is 3210. The number of anilines is 2. The Labute approximate surface area is 493 Å². The molecule has 8 amide bonds. The number of fused-ring (bicyclic) bond motifs is 3. The number of hydrogen-bond acceptors (Lipinski definition) is 16. The van der Waals surface area contributed by atoms with Gasteiger partial charge in [-0.1, -0.05) is 51.6 Å². The summed E-state index contributed by atoms with van der Waals surface area (Å²) in [6.07, 6.45) is 3.00. The topological polar surface area (TPSA) is 426 Å². The van der Waals surface area contributed by atoms with Crippen LogP contribution in [0.3, 0.4) is 0 Å². The van der Waals surface area contributed by atoms with Crippen LogP contribution in [0.1, 0.15) is 130 Å². The van der Waals surface area contributed by atoms with Gasteiger partial charge in [-0.05, 0) is 117 Å². The average Bonchev–Trinajstić information content (AvgIpc) is 1.89. The lowest BCUT2D eigenvalue weighted by atomic mass is 10.0. The zero-order valence-electron chi connectivity index (χ0n) is 46.4. The summed E-state index contributed by atoms with van der Waals surface area (Å²) in [6.45, 7) is 5.14. The average molecular weight is 1220 g/mol. The van der Waals surface area contributed by atoms with Gasteiger partial charge in [0.1, 0.15) is 0 Å². The van der Waals surface area contributed by atoms with E-state index in [-0.39, 0.29) is 122 Å². The van der Waals surface area contributed by atoms with Gasteiger partial charge in [0.05, 0.1) is 35.3 Å². The molecule has 0 aliphatic heterocycles. The van der Waals surface area contributed by atoms with Gasteiger partial charge in [0.15, 0.2) is 5.78 Å². The van der Waals surface area contributed by atoms with Crippen molar-refractivity contribution in [3.63, 3.8) is 0 Å². The highest BCUT2D eigenvalue weighted by Gasteiger charge is 2.30. The lowest BCUT2D eigenvalue weighted by Gasteiger charge is -2.10. The molecule has 15 N–H and O–H groups in total. The Hall–Kier alpha value is -8.77. The molecular weight excluding hydrogens is 1140 g/mol. The number of amides is 8. The van der Waals surface area contributed by atoms with Crippen LogP contribution in [0.4, 0.5) is 16.2 Å². The Kier molecular flexibility index (Phi) is 28.8. The summed E-state index contributed by atoms with van der Waals surface area (Å²) in [7, 11) is -7.68. The van der Waals surface area contributed by atoms with Crippen molar-refractivity contribution in [2.45, 2.75) is 76.5 Å². The number of nitrogens with two attached hydrogens (primary N) is 2. The van der Waals surface area contributed by atoms with Gasteiger partial charge in [-0.15, -0.1) is 0 Å². The molecule has 0 heterocycles. The first-order valence-corrected chi connectivity index (χ1v) is 29.3. The number of ketones is 1. The highest BCUT2D eigenvalue weighted by Crippen LogP contribution is 2.39. The van der Waals surface area contributed by atoms with E-state index in [2.05, 4.69) is 46.6 Å². The zero-order chi connectivity index (χ0) is 62.0. The lowest BCUT2D eigenvalue weighted by molar-refractivity contribution is -0.118. The number of unbranched alkanes of at least 4 members (excludes halogenated alkanes) is 1. The smallest absolute Gasteiger partial charge is 0.332 e. The maximum Gasteiger partial charge on any atom is 0.332 e. The third-order valence-corrected chi connectivity index (χ3v) is 14.6. The van der Waals surface area contributed by atoms with Crippen LogP contribution in [0, 0.1) is 0 Å². The second kappa shape index (κ2) is 34.7. The fraction of sp³-hybridized carbons (Fsp3) is 0.316. The minimum Gasteiger partial charge on any atom is -0.395 e.